The highest BCUT2D eigenvalue weighted by Gasteiger charge is 2.47. The molecule has 0 radical (unpaired) electrons. The summed E-state index contributed by atoms with van der Waals surface area (Å²) in [6.07, 6.45) is 5.41. The van der Waals surface area contributed by atoms with Gasteiger partial charge in [0.05, 0.1) is 7.11 Å². The van der Waals surface area contributed by atoms with Crippen LogP contribution in [-0.2, 0) is 6.42 Å². The minimum atomic E-state index is -0.0725. The number of carbonyl (C=O) groups excluding carboxylic acids is 1. The van der Waals surface area contributed by atoms with E-state index < -0.39 is 0 Å². The maximum Gasteiger partial charge on any atom is 0.169 e. The highest BCUT2D eigenvalue weighted by molar-refractivity contribution is 6.05. The summed E-state index contributed by atoms with van der Waals surface area (Å²) in [7, 11) is 1.68. The first-order valence-corrected chi connectivity index (χ1v) is 5.97. The topological polar surface area (TPSA) is 26.3 Å². The fraction of sp³-hybridized carbons (Fsp3) is 0.500. The van der Waals surface area contributed by atoms with Crippen molar-refractivity contribution >= 4 is 5.78 Å². The number of fused-ring (bicyclic) bond motifs is 1. The van der Waals surface area contributed by atoms with E-state index in [4.69, 9.17) is 4.74 Å². The van der Waals surface area contributed by atoms with Crippen LogP contribution in [0, 0.1) is 5.41 Å². The maximum atomic E-state index is 12.4. The van der Waals surface area contributed by atoms with Crippen LogP contribution in [0.5, 0.6) is 5.75 Å². The van der Waals surface area contributed by atoms with Gasteiger partial charge in [-0.3, -0.25) is 4.79 Å². The number of ketones is 1. The third-order valence-electron chi connectivity index (χ3n) is 4.16. The first-order chi connectivity index (χ1) is 7.77. The van der Waals surface area contributed by atoms with E-state index in [-0.39, 0.29) is 5.41 Å². The number of hydrogen-bond acceptors (Lipinski definition) is 2. The molecule has 0 unspecified atom stereocenters. The zero-order chi connectivity index (χ0) is 11.2. The van der Waals surface area contributed by atoms with E-state index in [1.54, 1.807) is 7.11 Å². The van der Waals surface area contributed by atoms with Crippen molar-refractivity contribution in [3.63, 3.8) is 0 Å². The summed E-state index contributed by atoms with van der Waals surface area (Å²) in [6.45, 7) is 0. The summed E-state index contributed by atoms with van der Waals surface area (Å²) in [4.78, 5) is 12.4. The number of methoxy groups -OCH3 is 1. The third kappa shape index (κ3) is 1.16. The predicted octanol–water partition coefficient (Wildman–Crippen LogP) is 2.99. The lowest BCUT2D eigenvalue weighted by atomic mass is 9.82. The first kappa shape index (κ1) is 9.88. The van der Waals surface area contributed by atoms with Gasteiger partial charge in [0.25, 0.3) is 0 Å². The van der Waals surface area contributed by atoms with Gasteiger partial charge < -0.3 is 4.74 Å². The smallest absolute Gasteiger partial charge is 0.169 e. The number of hydrogen-bond donors (Lipinski definition) is 0. The Kier molecular flexibility index (Phi) is 2.06. The second kappa shape index (κ2) is 3.34. The fourth-order valence-corrected chi connectivity index (χ4v) is 3.31. The lowest BCUT2D eigenvalue weighted by Gasteiger charge is -2.19. The average Bonchev–Trinajstić information content (AvgIpc) is 2.88. The van der Waals surface area contributed by atoms with Crippen LogP contribution in [0.2, 0.25) is 0 Å². The summed E-state index contributed by atoms with van der Waals surface area (Å²) >= 11 is 0. The summed E-state index contributed by atoms with van der Waals surface area (Å²) in [6, 6.07) is 5.83. The van der Waals surface area contributed by atoms with Gasteiger partial charge in [-0.1, -0.05) is 25.0 Å². The van der Waals surface area contributed by atoms with Crippen molar-refractivity contribution in [3.05, 3.63) is 29.3 Å². The van der Waals surface area contributed by atoms with Crippen LogP contribution in [0.15, 0.2) is 18.2 Å². The van der Waals surface area contributed by atoms with E-state index in [1.165, 1.54) is 12.8 Å². The van der Waals surface area contributed by atoms with Crippen LogP contribution < -0.4 is 4.74 Å². The van der Waals surface area contributed by atoms with Crippen molar-refractivity contribution in [1.82, 2.24) is 0 Å². The van der Waals surface area contributed by atoms with Crippen molar-refractivity contribution in [2.45, 2.75) is 32.1 Å². The van der Waals surface area contributed by atoms with Crippen molar-refractivity contribution in [2.75, 3.05) is 7.11 Å². The van der Waals surface area contributed by atoms with Gasteiger partial charge in [0.15, 0.2) is 5.78 Å². The van der Waals surface area contributed by atoms with Crippen LogP contribution >= 0.6 is 0 Å². The van der Waals surface area contributed by atoms with E-state index in [1.807, 2.05) is 18.2 Å². The molecule has 1 spiro atoms. The zero-order valence-electron chi connectivity index (χ0n) is 9.58. The molecule has 1 saturated carbocycles. The van der Waals surface area contributed by atoms with Gasteiger partial charge in [-0.05, 0) is 25.3 Å². The minimum Gasteiger partial charge on any atom is -0.496 e. The van der Waals surface area contributed by atoms with Crippen molar-refractivity contribution in [1.29, 1.82) is 0 Å². The molecule has 84 valence electrons. The van der Waals surface area contributed by atoms with Crippen LogP contribution in [0.4, 0.5) is 0 Å². The quantitative estimate of drug-likeness (QED) is 0.721. The average molecular weight is 216 g/mol. The molecule has 0 aromatic heterocycles. The molecule has 1 aromatic rings. The molecule has 0 atom stereocenters. The molecule has 16 heavy (non-hydrogen) atoms. The molecule has 0 heterocycles. The Labute approximate surface area is 95.6 Å². The zero-order valence-corrected chi connectivity index (χ0v) is 9.58. The Balaban J connectivity index is 2.10. The molecular weight excluding hydrogens is 200 g/mol. The molecular formula is C14H16O2. The normalized spacial score (nSPS) is 21.4. The number of ether oxygens (including phenoxy) is 1. The minimum absolute atomic E-state index is 0.0725. The standard InChI is InChI=1S/C14H16O2/c1-16-12-6-4-5-10-11(12)9-14(13(10)15)7-2-3-8-14/h4-6H,2-3,7-9H2,1H3. The van der Waals surface area contributed by atoms with E-state index in [0.29, 0.717) is 5.78 Å². The Hall–Kier alpha value is -1.31. The number of carbonyl (C=O) groups is 1. The molecule has 0 aliphatic heterocycles. The lowest BCUT2D eigenvalue weighted by Crippen LogP contribution is -2.23. The molecule has 3 rings (SSSR count). The maximum absolute atomic E-state index is 12.4. The SMILES string of the molecule is COc1cccc2c1CC1(CCCC1)C2=O. The summed E-state index contributed by atoms with van der Waals surface area (Å²) in [5.41, 5.74) is 1.97. The van der Waals surface area contributed by atoms with E-state index in [9.17, 15) is 4.79 Å². The molecule has 2 aliphatic carbocycles. The number of benzene rings is 1. The molecule has 1 aromatic carbocycles. The Morgan fingerprint density at radius 1 is 1.25 bits per heavy atom. The molecule has 0 bridgehead atoms. The molecule has 0 N–H and O–H groups in total. The van der Waals surface area contributed by atoms with Crippen molar-refractivity contribution in [3.8, 4) is 5.75 Å². The summed E-state index contributed by atoms with van der Waals surface area (Å²) in [5, 5.41) is 0. The largest absolute Gasteiger partial charge is 0.496 e. The van der Waals surface area contributed by atoms with Crippen LogP contribution in [0.3, 0.4) is 0 Å². The van der Waals surface area contributed by atoms with Crippen molar-refractivity contribution < 1.29 is 9.53 Å². The molecule has 0 saturated heterocycles. The van der Waals surface area contributed by atoms with Gasteiger partial charge in [0.2, 0.25) is 0 Å². The molecule has 2 aliphatic rings. The van der Waals surface area contributed by atoms with Crippen LogP contribution in [0.25, 0.3) is 0 Å². The second-order valence-corrected chi connectivity index (χ2v) is 4.98. The van der Waals surface area contributed by atoms with E-state index in [0.717, 1.165) is 36.1 Å². The first-order valence-electron chi connectivity index (χ1n) is 5.97. The Morgan fingerprint density at radius 3 is 2.69 bits per heavy atom. The van der Waals surface area contributed by atoms with Crippen LogP contribution in [-0.4, -0.2) is 12.9 Å². The van der Waals surface area contributed by atoms with Gasteiger partial charge in [-0.15, -0.1) is 0 Å². The molecule has 2 nitrogen and oxygen atoms in total. The van der Waals surface area contributed by atoms with Crippen LogP contribution in [0.1, 0.15) is 41.6 Å². The molecule has 2 heteroatoms. The van der Waals surface area contributed by atoms with E-state index >= 15 is 0 Å². The highest BCUT2D eigenvalue weighted by Crippen LogP contribution is 2.50. The summed E-state index contributed by atoms with van der Waals surface area (Å²) in [5.74, 6) is 1.24. The van der Waals surface area contributed by atoms with Gasteiger partial charge in [0, 0.05) is 16.5 Å². The Morgan fingerprint density at radius 2 is 2.00 bits per heavy atom. The third-order valence-corrected chi connectivity index (χ3v) is 4.16. The number of rotatable bonds is 1. The summed E-state index contributed by atoms with van der Waals surface area (Å²) < 4.78 is 5.36. The monoisotopic (exact) mass is 216 g/mol. The van der Waals surface area contributed by atoms with Gasteiger partial charge in [0.1, 0.15) is 5.75 Å². The molecule has 0 amide bonds. The van der Waals surface area contributed by atoms with Gasteiger partial charge in [-0.25, -0.2) is 0 Å². The van der Waals surface area contributed by atoms with E-state index in [2.05, 4.69) is 0 Å². The lowest BCUT2D eigenvalue weighted by molar-refractivity contribution is 0.0827. The molecule has 1 fully saturated rings. The Bertz CT molecular complexity index is 442. The van der Waals surface area contributed by atoms with Gasteiger partial charge >= 0.3 is 0 Å². The fourth-order valence-electron chi connectivity index (χ4n) is 3.31. The predicted molar refractivity (Wildman–Crippen MR) is 61.9 cm³/mol. The van der Waals surface area contributed by atoms with Gasteiger partial charge in [-0.2, -0.15) is 0 Å². The second-order valence-electron chi connectivity index (χ2n) is 4.98. The highest BCUT2D eigenvalue weighted by atomic mass is 16.5. The number of Topliss-reactive ketones (excluding diaryl/α,β-unsaturated/α-hetero) is 1. The van der Waals surface area contributed by atoms with Crippen molar-refractivity contribution in [2.24, 2.45) is 5.41 Å².